The second-order valence-electron chi connectivity index (χ2n) is 3.07. The van der Waals surface area contributed by atoms with Gasteiger partial charge in [0.05, 0.1) is 12.8 Å². The largest absolute Gasteiger partial charge is 0.515 e. The van der Waals surface area contributed by atoms with Gasteiger partial charge in [0.2, 0.25) is 5.88 Å². The molecule has 0 radical (unpaired) electrons. The quantitative estimate of drug-likeness (QED) is 0.776. The monoisotopic (exact) mass is 221 g/mol. The summed E-state index contributed by atoms with van der Waals surface area (Å²) < 4.78 is 11.2. The summed E-state index contributed by atoms with van der Waals surface area (Å²) in [5.41, 5.74) is 6.82. The number of anilines is 1. The molecule has 6 nitrogen and oxygen atoms in total. The Morgan fingerprint density at radius 1 is 1.56 bits per heavy atom. The summed E-state index contributed by atoms with van der Waals surface area (Å²) in [6.07, 6.45) is 2.30. The number of rotatable bonds is 2. The van der Waals surface area contributed by atoms with Crippen molar-refractivity contribution in [3.8, 4) is 5.88 Å². The molecule has 16 heavy (non-hydrogen) atoms. The standard InChI is InChI=1S/C10H11N3O3/c1-2-15-10(14)16-9-5-12-8-4-3-7(11)6-13(8)9/h3-6H,2,11H2,1H3. The van der Waals surface area contributed by atoms with Crippen LogP contribution in [0.25, 0.3) is 5.65 Å². The van der Waals surface area contributed by atoms with Crippen molar-refractivity contribution in [2.75, 3.05) is 12.3 Å². The average molecular weight is 221 g/mol. The predicted octanol–water partition coefficient (Wildman–Crippen LogP) is 1.45. The number of pyridine rings is 1. The fourth-order valence-corrected chi connectivity index (χ4v) is 1.28. The van der Waals surface area contributed by atoms with Crippen LogP contribution in [-0.2, 0) is 4.74 Å². The van der Waals surface area contributed by atoms with Gasteiger partial charge < -0.3 is 15.2 Å². The summed E-state index contributed by atoms with van der Waals surface area (Å²) in [6.45, 7) is 1.96. The molecule has 0 amide bonds. The van der Waals surface area contributed by atoms with Crippen molar-refractivity contribution in [1.29, 1.82) is 0 Å². The van der Waals surface area contributed by atoms with Crippen LogP contribution in [0.15, 0.2) is 24.5 Å². The Labute approximate surface area is 91.6 Å². The van der Waals surface area contributed by atoms with Crippen LogP contribution < -0.4 is 10.5 Å². The number of nitrogen functional groups attached to an aromatic ring is 1. The van der Waals surface area contributed by atoms with Crippen molar-refractivity contribution in [1.82, 2.24) is 9.38 Å². The van der Waals surface area contributed by atoms with Crippen molar-refractivity contribution < 1.29 is 14.3 Å². The Bertz CT molecular complexity index is 521. The Balaban J connectivity index is 2.30. The van der Waals surface area contributed by atoms with Crippen LogP contribution in [0.2, 0.25) is 0 Å². The van der Waals surface area contributed by atoms with Crippen molar-refractivity contribution in [3.05, 3.63) is 24.5 Å². The first-order valence-corrected chi connectivity index (χ1v) is 4.78. The highest BCUT2D eigenvalue weighted by Crippen LogP contribution is 2.16. The highest BCUT2D eigenvalue weighted by molar-refractivity contribution is 5.64. The van der Waals surface area contributed by atoms with Gasteiger partial charge in [-0.3, -0.25) is 4.40 Å². The zero-order valence-electron chi connectivity index (χ0n) is 8.71. The molecule has 0 unspecified atom stereocenters. The lowest BCUT2D eigenvalue weighted by Gasteiger charge is -2.03. The van der Waals surface area contributed by atoms with Crippen LogP contribution in [0, 0.1) is 0 Å². The minimum absolute atomic E-state index is 0.262. The maximum absolute atomic E-state index is 11.1. The summed E-state index contributed by atoms with van der Waals surface area (Å²) in [6, 6.07) is 3.45. The Kier molecular flexibility index (Phi) is 2.63. The molecule has 6 heteroatoms. The first-order chi connectivity index (χ1) is 7.70. The topological polar surface area (TPSA) is 78.8 Å². The highest BCUT2D eigenvalue weighted by Gasteiger charge is 2.10. The normalized spacial score (nSPS) is 10.3. The number of nitrogens with zero attached hydrogens (tertiary/aromatic N) is 2. The van der Waals surface area contributed by atoms with Gasteiger partial charge in [-0.05, 0) is 19.1 Å². The molecule has 0 aliphatic carbocycles. The number of aromatic nitrogens is 2. The molecule has 0 aromatic carbocycles. The SMILES string of the molecule is CCOC(=O)Oc1cnc2ccc(N)cn12. The molecule has 0 fully saturated rings. The number of hydrogen-bond donors (Lipinski definition) is 1. The van der Waals surface area contributed by atoms with E-state index in [-0.39, 0.29) is 12.5 Å². The molecule has 0 atom stereocenters. The van der Waals surface area contributed by atoms with E-state index >= 15 is 0 Å². The molecule has 84 valence electrons. The van der Waals surface area contributed by atoms with Gasteiger partial charge in [-0.25, -0.2) is 9.78 Å². The van der Waals surface area contributed by atoms with E-state index in [1.165, 1.54) is 6.20 Å². The molecule has 0 saturated carbocycles. The molecular weight excluding hydrogens is 210 g/mol. The first kappa shape index (κ1) is 10.3. The van der Waals surface area contributed by atoms with E-state index in [1.807, 2.05) is 0 Å². The number of hydrogen-bond acceptors (Lipinski definition) is 5. The summed E-state index contributed by atoms with van der Waals surface area (Å²) >= 11 is 0. The third-order valence-electron chi connectivity index (χ3n) is 1.94. The maximum atomic E-state index is 11.1. The average Bonchev–Trinajstić information content (AvgIpc) is 2.61. The van der Waals surface area contributed by atoms with Gasteiger partial charge in [-0.15, -0.1) is 0 Å². The summed E-state index contributed by atoms with van der Waals surface area (Å²) in [7, 11) is 0. The molecule has 0 spiro atoms. The summed E-state index contributed by atoms with van der Waals surface area (Å²) in [5.74, 6) is 0.278. The minimum Gasteiger partial charge on any atom is -0.434 e. The third kappa shape index (κ3) is 1.90. The molecule has 2 heterocycles. The smallest absolute Gasteiger partial charge is 0.434 e. The van der Waals surface area contributed by atoms with Gasteiger partial charge >= 0.3 is 6.16 Å². The highest BCUT2D eigenvalue weighted by atomic mass is 16.7. The molecule has 0 aliphatic rings. The molecule has 2 N–H and O–H groups in total. The second kappa shape index (κ2) is 4.09. The predicted molar refractivity (Wildman–Crippen MR) is 57.3 cm³/mol. The van der Waals surface area contributed by atoms with E-state index in [4.69, 9.17) is 10.5 Å². The summed E-state index contributed by atoms with van der Waals surface area (Å²) in [5, 5.41) is 0. The van der Waals surface area contributed by atoms with Crippen molar-refractivity contribution in [2.24, 2.45) is 0 Å². The van der Waals surface area contributed by atoms with Gasteiger partial charge in [0, 0.05) is 11.9 Å². The van der Waals surface area contributed by atoms with Gasteiger partial charge in [0.1, 0.15) is 5.65 Å². The summed E-state index contributed by atoms with van der Waals surface area (Å²) in [4.78, 5) is 15.2. The van der Waals surface area contributed by atoms with Gasteiger partial charge in [0.15, 0.2) is 0 Å². The van der Waals surface area contributed by atoms with Gasteiger partial charge in [0.25, 0.3) is 0 Å². The number of carbonyl (C=O) groups excluding carboxylic acids is 1. The lowest BCUT2D eigenvalue weighted by atomic mass is 10.4. The van der Waals surface area contributed by atoms with Crippen LogP contribution >= 0.6 is 0 Å². The van der Waals surface area contributed by atoms with E-state index in [0.29, 0.717) is 11.3 Å². The maximum Gasteiger partial charge on any atom is 0.515 e. The number of carbonyl (C=O) groups is 1. The van der Waals surface area contributed by atoms with E-state index in [0.717, 1.165) is 0 Å². The van der Waals surface area contributed by atoms with E-state index in [1.54, 1.807) is 29.7 Å². The molecule has 2 aromatic rings. The molecule has 0 aliphatic heterocycles. The van der Waals surface area contributed by atoms with Crippen LogP contribution in [0.1, 0.15) is 6.92 Å². The lowest BCUT2D eigenvalue weighted by Crippen LogP contribution is -2.11. The molecule has 0 saturated heterocycles. The fourth-order valence-electron chi connectivity index (χ4n) is 1.28. The second-order valence-corrected chi connectivity index (χ2v) is 3.07. The zero-order valence-corrected chi connectivity index (χ0v) is 8.71. The van der Waals surface area contributed by atoms with Crippen molar-refractivity contribution in [2.45, 2.75) is 6.92 Å². The van der Waals surface area contributed by atoms with Gasteiger partial charge in [-0.2, -0.15) is 0 Å². The molecule has 2 aromatic heterocycles. The Morgan fingerprint density at radius 3 is 3.12 bits per heavy atom. The fraction of sp³-hybridized carbons (Fsp3) is 0.200. The molecule has 2 rings (SSSR count). The first-order valence-electron chi connectivity index (χ1n) is 4.78. The van der Waals surface area contributed by atoms with Gasteiger partial charge in [-0.1, -0.05) is 0 Å². The van der Waals surface area contributed by atoms with Crippen molar-refractivity contribution in [3.63, 3.8) is 0 Å². The van der Waals surface area contributed by atoms with Crippen LogP contribution in [0.5, 0.6) is 5.88 Å². The van der Waals surface area contributed by atoms with E-state index in [9.17, 15) is 4.79 Å². The van der Waals surface area contributed by atoms with E-state index < -0.39 is 6.16 Å². The number of nitrogens with two attached hydrogens (primary N) is 1. The molecule has 0 bridgehead atoms. The lowest BCUT2D eigenvalue weighted by molar-refractivity contribution is 0.102. The third-order valence-corrected chi connectivity index (χ3v) is 1.94. The van der Waals surface area contributed by atoms with E-state index in [2.05, 4.69) is 9.72 Å². The minimum atomic E-state index is -0.758. The van der Waals surface area contributed by atoms with Crippen LogP contribution in [0.3, 0.4) is 0 Å². The Hall–Kier alpha value is -2.24. The zero-order chi connectivity index (χ0) is 11.5. The number of ether oxygens (including phenoxy) is 2. The van der Waals surface area contributed by atoms with Crippen LogP contribution in [-0.4, -0.2) is 22.1 Å². The van der Waals surface area contributed by atoms with Crippen molar-refractivity contribution >= 4 is 17.5 Å². The van der Waals surface area contributed by atoms with Crippen LogP contribution in [0.4, 0.5) is 10.5 Å². The molecular formula is C10H11N3O3. The number of imidazole rings is 1. The Morgan fingerprint density at radius 2 is 2.38 bits per heavy atom. The number of fused-ring (bicyclic) bond motifs is 1.